The third kappa shape index (κ3) is 4.26. The van der Waals surface area contributed by atoms with Gasteiger partial charge in [0.1, 0.15) is 0 Å². The van der Waals surface area contributed by atoms with Crippen molar-refractivity contribution in [2.75, 3.05) is 20.1 Å². The molecular formula is C14H22N4O2S. The van der Waals surface area contributed by atoms with Crippen LogP contribution in [0, 0.1) is 5.92 Å². The molecule has 21 heavy (non-hydrogen) atoms. The lowest BCUT2D eigenvalue weighted by Gasteiger charge is -2.28. The van der Waals surface area contributed by atoms with Gasteiger partial charge in [-0.3, -0.25) is 25.3 Å². The molecule has 2 amide bonds. The van der Waals surface area contributed by atoms with Gasteiger partial charge in [-0.2, -0.15) is 0 Å². The summed E-state index contributed by atoms with van der Waals surface area (Å²) in [6.45, 7) is 0.914. The highest BCUT2D eigenvalue weighted by molar-refractivity contribution is 7.12. The fourth-order valence-corrected chi connectivity index (χ4v) is 3.47. The van der Waals surface area contributed by atoms with Crippen LogP contribution in [0.3, 0.4) is 0 Å². The quantitative estimate of drug-likeness (QED) is 0.694. The second kappa shape index (κ2) is 7.53. The van der Waals surface area contributed by atoms with E-state index in [4.69, 9.17) is 5.73 Å². The highest BCUT2D eigenvalue weighted by Crippen LogP contribution is 2.28. The summed E-state index contributed by atoms with van der Waals surface area (Å²) in [7, 11) is 1.93. The normalized spacial score (nSPS) is 21.5. The van der Waals surface area contributed by atoms with E-state index < -0.39 is 0 Å². The van der Waals surface area contributed by atoms with Crippen molar-refractivity contribution in [2.24, 2.45) is 11.7 Å². The molecule has 0 saturated heterocycles. The molecule has 2 atom stereocenters. The summed E-state index contributed by atoms with van der Waals surface area (Å²) in [6.07, 6.45) is 3.36. The highest BCUT2D eigenvalue weighted by Gasteiger charge is 2.30. The number of nitrogens with one attached hydrogen (secondary N) is 2. The van der Waals surface area contributed by atoms with Gasteiger partial charge in [0.05, 0.1) is 11.4 Å². The van der Waals surface area contributed by atoms with Crippen molar-refractivity contribution in [1.29, 1.82) is 0 Å². The molecule has 0 aromatic carbocycles. The molecule has 7 heteroatoms. The van der Waals surface area contributed by atoms with Gasteiger partial charge in [-0.05, 0) is 43.8 Å². The predicted octanol–water partition coefficient (Wildman–Crippen LogP) is 0.568. The molecule has 0 spiro atoms. The standard InChI is InChI=1S/C14H22N4O2S/c1-18(11-5-2-4-10(11)8-15)9-13(19)16-17-14(20)12-6-3-7-21-12/h3,6-7,10-11H,2,4-5,8-9,15H2,1H3,(H,16,19)(H,17,20). The van der Waals surface area contributed by atoms with Crippen LogP contribution in [0.25, 0.3) is 0 Å². The largest absolute Gasteiger partial charge is 0.330 e. The summed E-state index contributed by atoms with van der Waals surface area (Å²) in [4.78, 5) is 26.2. The third-order valence-electron chi connectivity index (χ3n) is 3.94. The first-order chi connectivity index (χ1) is 10.1. The van der Waals surface area contributed by atoms with Crippen LogP contribution in [0.2, 0.25) is 0 Å². The maximum Gasteiger partial charge on any atom is 0.279 e. The van der Waals surface area contributed by atoms with Crippen LogP contribution < -0.4 is 16.6 Å². The van der Waals surface area contributed by atoms with Gasteiger partial charge in [-0.1, -0.05) is 12.5 Å². The zero-order valence-electron chi connectivity index (χ0n) is 12.2. The summed E-state index contributed by atoms with van der Waals surface area (Å²) in [5.74, 6) is -0.0460. The van der Waals surface area contributed by atoms with Crippen LogP contribution >= 0.6 is 11.3 Å². The van der Waals surface area contributed by atoms with Gasteiger partial charge in [0, 0.05) is 6.04 Å². The molecule has 1 aliphatic rings. The molecule has 1 saturated carbocycles. The van der Waals surface area contributed by atoms with Gasteiger partial charge in [0.15, 0.2) is 0 Å². The average Bonchev–Trinajstić information content (AvgIpc) is 3.14. The Labute approximate surface area is 128 Å². The Morgan fingerprint density at radius 3 is 2.90 bits per heavy atom. The van der Waals surface area contributed by atoms with Crippen LogP contribution in [0.15, 0.2) is 17.5 Å². The van der Waals surface area contributed by atoms with Gasteiger partial charge in [-0.15, -0.1) is 11.3 Å². The van der Waals surface area contributed by atoms with Gasteiger partial charge in [0.25, 0.3) is 11.8 Å². The summed E-state index contributed by atoms with van der Waals surface area (Å²) < 4.78 is 0. The number of hydrogen-bond acceptors (Lipinski definition) is 5. The SMILES string of the molecule is CN(CC(=O)NNC(=O)c1cccs1)C1CCCC1CN. The van der Waals surface area contributed by atoms with Crippen LogP contribution in [-0.2, 0) is 4.79 Å². The first-order valence-electron chi connectivity index (χ1n) is 7.14. The molecule has 0 radical (unpaired) electrons. The van der Waals surface area contributed by atoms with Gasteiger partial charge in [-0.25, -0.2) is 0 Å². The van der Waals surface area contributed by atoms with Crippen molar-refractivity contribution >= 4 is 23.2 Å². The topological polar surface area (TPSA) is 87.5 Å². The minimum absolute atomic E-state index is 0.218. The van der Waals surface area contributed by atoms with Gasteiger partial charge < -0.3 is 5.73 Å². The molecule has 1 fully saturated rings. The summed E-state index contributed by atoms with van der Waals surface area (Å²) in [6, 6.07) is 3.86. The van der Waals surface area contributed by atoms with Crippen molar-refractivity contribution in [1.82, 2.24) is 15.8 Å². The Morgan fingerprint density at radius 2 is 2.24 bits per heavy atom. The smallest absolute Gasteiger partial charge is 0.279 e. The number of rotatable bonds is 5. The maximum atomic E-state index is 11.9. The molecule has 1 aliphatic carbocycles. The Morgan fingerprint density at radius 1 is 1.43 bits per heavy atom. The van der Waals surface area contributed by atoms with E-state index in [2.05, 4.69) is 10.9 Å². The van der Waals surface area contributed by atoms with E-state index in [9.17, 15) is 9.59 Å². The van der Waals surface area contributed by atoms with E-state index in [1.54, 1.807) is 12.1 Å². The maximum absolute atomic E-state index is 11.9. The second-order valence-electron chi connectivity index (χ2n) is 5.39. The van der Waals surface area contributed by atoms with Crippen molar-refractivity contribution < 1.29 is 9.59 Å². The van der Waals surface area contributed by atoms with E-state index in [1.807, 2.05) is 17.3 Å². The molecule has 2 unspecified atom stereocenters. The second-order valence-corrected chi connectivity index (χ2v) is 6.34. The molecule has 0 aliphatic heterocycles. The number of nitrogens with zero attached hydrogens (tertiary/aromatic N) is 1. The van der Waals surface area contributed by atoms with E-state index in [0.29, 0.717) is 23.4 Å². The van der Waals surface area contributed by atoms with Gasteiger partial charge in [0.2, 0.25) is 0 Å². The zero-order chi connectivity index (χ0) is 15.2. The number of amides is 2. The van der Waals surface area contributed by atoms with E-state index in [0.717, 1.165) is 19.3 Å². The van der Waals surface area contributed by atoms with E-state index in [1.165, 1.54) is 11.3 Å². The Hall–Kier alpha value is -1.44. The molecule has 4 N–H and O–H groups in total. The number of thiophene rings is 1. The molecule has 0 bridgehead atoms. The van der Waals surface area contributed by atoms with Crippen molar-refractivity contribution in [3.05, 3.63) is 22.4 Å². The Kier molecular flexibility index (Phi) is 5.72. The van der Waals surface area contributed by atoms with Crippen LogP contribution in [0.4, 0.5) is 0 Å². The number of hydrazine groups is 1. The molecule has 6 nitrogen and oxygen atoms in total. The third-order valence-corrected chi connectivity index (χ3v) is 4.81. The Balaban J connectivity index is 1.75. The minimum atomic E-state index is -0.290. The molecule has 116 valence electrons. The molecule has 1 aromatic rings. The number of carbonyl (C=O) groups is 2. The van der Waals surface area contributed by atoms with Crippen LogP contribution in [0.1, 0.15) is 28.9 Å². The zero-order valence-corrected chi connectivity index (χ0v) is 13.0. The molecule has 1 heterocycles. The number of carbonyl (C=O) groups excluding carboxylic acids is 2. The first kappa shape index (κ1) is 15.9. The van der Waals surface area contributed by atoms with Crippen molar-refractivity contribution in [3.63, 3.8) is 0 Å². The highest BCUT2D eigenvalue weighted by atomic mass is 32.1. The van der Waals surface area contributed by atoms with Gasteiger partial charge >= 0.3 is 0 Å². The van der Waals surface area contributed by atoms with Crippen LogP contribution in [0.5, 0.6) is 0 Å². The fourth-order valence-electron chi connectivity index (χ4n) is 2.85. The number of hydrogen-bond donors (Lipinski definition) is 3. The molecule has 2 rings (SSSR count). The number of nitrogens with two attached hydrogens (primary N) is 1. The fraction of sp³-hybridized carbons (Fsp3) is 0.571. The summed E-state index contributed by atoms with van der Waals surface area (Å²) in [5, 5.41) is 1.82. The lowest BCUT2D eigenvalue weighted by molar-refractivity contribution is -0.123. The number of likely N-dealkylation sites (N-methyl/N-ethyl adjacent to an activating group) is 1. The molecule has 1 aromatic heterocycles. The lowest BCUT2D eigenvalue weighted by atomic mass is 10.0. The van der Waals surface area contributed by atoms with Crippen molar-refractivity contribution in [2.45, 2.75) is 25.3 Å². The van der Waals surface area contributed by atoms with E-state index >= 15 is 0 Å². The lowest BCUT2D eigenvalue weighted by Crippen LogP contribution is -2.48. The average molecular weight is 310 g/mol. The summed E-state index contributed by atoms with van der Waals surface area (Å²) in [5.41, 5.74) is 10.6. The monoisotopic (exact) mass is 310 g/mol. The molecular weight excluding hydrogens is 288 g/mol. The van der Waals surface area contributed by atoms with E-state index in [-0.39, 0.29) is 18.4 Å². The van der Waals surface area contributed by atoms with Crippen molar-refractivity contribution in [3.8, 4) is 0 Å². The minimum Gasteiger partial charge on any atom is -0.330 e. The predicted molar refractivity (Wildman–Crippen MR) is 82.7 cm³/mol. The van der Waals surface area contributed by atoms with Crippen LogP contribution in [-0.4, -0.2) is 42.9 Å². The summed E-state index contributed by atoms with van der Waals surface area (Å²) >= 11 is 1.33. The first-order valence-corrected chi connectivity index (χ1v) is 8.02. The Bertz CT molecular complexity index is 477.